The average molecular weight is 352 g/mol. The monoisotopic (exact) mass is 352 g/mol. The van der Waals surface area contributed by atoms with E-state index in [9.17, 15) is 19.6 Å². The molecule has 0 heterocycles. The first-order chi connectivity index (χ1) is 11.3. The molecule has 4 N–H and O–H groups in total. The van der Waals surface area contributed by atoms with Crippen LogP contribution in [0, 0.1) is 0 Å². The van der Waals surface area contributed by atoms with Crippen molar-refractivity contribution in [3.05, 3.63) is 18.2 Å². The van der Waals surface area contributed by atoms with Crippen molar-refractivity contribution in [2.24, 2.45) is 0 Å². The first-order valence-corrected chi connectivity index (χ1v) is 7.77. The van der Waals surface area contributed by atoms with Crippen LogP contribution in [0.5, 0.6) is 0 Å². The molecule has 138 valence electrons. The Labute approximate surface area is 147 Å². The fourth-order valence-corrected chi connectivity index (χ4v) is 1.76. The van der Waals surface area contributed by atoms with Gasteiger partial charge in [-0.1, -0.05) is 6.07 Å². The smallest absolute Gasteiger partial charge is 0.444 e. The van der Waals surface area contributed by atoms with Gasteiger partial charge >= 0.3 is 19.3 Å². The zero-order valence-electron chi connectivity index (χ0n) is 15.3. The Balaban J connectivity index is 3.03. The number of nitrogens with one attached hydrogen (secondary N) is 2. The Morgan fingerprint density at radius 1 is 0.880 bits per heavy atom. The highest BCUT2D eigenvalue weighted by atomic mass is 16.6. The van der Waals surface area contributed by atoms with Crippen molar-refractivity contribution in [1.29, 1.82) is 0 Å². The van der Waals surface area contributed by atoms with Crippen LogP contribution in [-0.4, -0.2) is 40.6 Å². The summed E-state index contributed by atoms with van der Waals surface area (Å²) in [6.45, 7) is 10.3. The molecule has 0 aliphatic rings. The predicted molar refractivity (Wildman–Crippen MR) is 96.0 cm³/mol. The Kier molecular flexibility index (Phi) is 6.45. The second-order valence-electron chi connectivity index (χ2n) is 7.43. The first kappa shape index (κ1) is 20.8. The molecule has 0 bridgehead atoms. The minimum atomic E-state index is -1.73. The van der Waals surface area contributed by atoms with Crippen LogP contribution < -0.4 is 16.1 Å². The van der Waals surface area contributed by atoms with Gasteiger partial charge in [0.2, 0.25) is 0 Å². The molecule has 0 atom stereocenters. The SMILES string of the molecule is CC(C)(C)OC(=O)Nc1ccc(B(O)O)cc1NC(=O)OC(C)(C)C. The number of hydrogen-bond acceptors (Lipinski definition) is 6. The number of hydrogen-bond donors (Lipinski definition) is 4. The molecule has 9 heteroatoms. The topological polar surface area (TPSA) is 117 Å². The van der Waals surface area contributed by atoms with Gasteiger partial charge in [0.15, 0.2) is 0 Å². The summed E-state index contributed by atoms with van der Waals surface area (Å²) in [5.74, 6) is 0. The molecule has 25 heavy (non-hydrogen) atoms. The molecule has 0 saturated carbocycles. The molecule has 0 radical (unpaired) electrons. The normalized spacial score (nSPS) is 11.5. The summed E-state index contributed by atoms with van der Waals surface area (Å²) < 4.78 is 10.3. The minimum Gasteiger partial charge on any atom is -0.444 e. The van der Waals surface area contributed by atoms with Crippen molar-refractivity contribution >= 4 is 36.1 Å². The molecule has 0 unspecified atom stereocenters. The molecule has 1 aromatic carbocycles. The molecular weight excluding hydrogens is 327 g/mol. The fraction of sp³-hybridized carbons (Fsp3) is 0.500. The van der Waals surface area contributed by atoms with Gasteiger partial charge in [0.05, 0.1) is 11.4 Å². The summed E-state index contributed by atoms with van der Waals surface area (Å²) in [5.41, 5.74) is -0.892. The lowest BCUT2D eigenvalue weighted by Gasteiger charge is -2.22. The zero-order valence-corrected chi connectivity index (χ0v) is 15.3. The van der Waals surface area contributed by atoms with E-state index in [0.717, 1.165) is 0 Å². The molecule has 0 fully saturated rings. The highest BCUT2D eigenvalue weighted by molar-refractivity contribution is 6.58. The molecule has 2 amide bonds. The second-order valence-corrected chi connectivity index (χ2v) is 7.43. The lowest BCUT2D eigenvalue weighted by atomic mass is 9.80. The van der Waals surface area contributed by atoms with Crippen LogP contribution in [0.2, 0.25) is 0 Å². The number of carbonyl (C=O) groups excluding carboxylic acids is 2. The lowest BCUT2D eigenvalue weighted by Crippen LogP contribution is -2.32. The fourth-order valence-electron chi connectivity index (χ4n) is 1.76. The minimum absolute atomic E-state index is 0.140. The van der Waals surface area contributed by atoms with Crippen molar-refractivity contribution in [2.75, 3.05) is 10.6 Å². The van der Waals surface area contributed by atoms with Crippen LogP contribution in [0.25, 0.3) is 0 Å². The number of anilines is 2. The van der Waals surface area contributed by atoms with E-state index in [1.54, 1.807) is 41.5 Å². The van der Waals surface area contributed by atoms with E-state index in [-0.39, 0.29) is 16.8 Å². The maximum atomic E-state index is 12.0. The number of rotatable bonds is 3. The van der Waals surface area contributed by atoms with Gasteiger partial charge in [0.1, 0.15) is 11.2 Å². The zero-order chi connectivity index (χ0) is 19.4. The van der Waals surface area contributed by atoms with Crippen LogP contribution in [0.4, 0.5) is 21.0 Å². The Morgan fingerprint density at radius 3 is 1.72 bits per heavy atom. The third-order valence-electron chi connectivity index (χ3n) is 2.61. The van der Waals surface area contributed by atoms with Gasteiger partial charge < -0.3 is 19.5 Å². The van der Waals surface area contributed by atoms with Gasteiger partial charge in [-0.3, -0.25) is 10.6 Å². The van der Waals surface area contributed by atoms with Gasteiger partial charge in [-0.2, -0.15) is 0 Å². The van der Waals surface area contributed by atoms with Crippen LogP contribution in [0.3, 0.4) is 0 Å². The van der Waals surface area contributed by atoms with Crippen LogP contribution in [0.1, 0.15) is 41.5 Å². The van der Waals surface area contributed by atoms with E-state index in [1.807, 2.05) is 0 Å². The third kappa shape index (κ3) is 7.91. The molecule has 0 aromatic heterocycles. The second kappa shape index (κ2) is 7.75. The highest BCUT2D eigenvalue weighted by Crippen LogP contribution is 2.22. The van der Waals surface area contributed by atoms with Gasteiger partial charge in [0, 0.05) is 0 Å². The van der Waals surface area contributed by atoms with E-state index < -0.39 is 30.5 Å². The van der Waals surface area contributed by atoms with Crippen molar-refractivity contribution < 1.29 is 29.1 Å². The van der Waals surface area contributed by atoms with E-state index in [2.05, 4.69) is 10.6 Å². The summed E-state index contributed by atoms with van der Waals surface area (Å²) in [7, 11) is -1.73. The largest absolute Gasteiger partial charge is 0.488 e. The maximum absolute atomic E-state index is 12.0. The van der Waals surface area contributed by atoms with Crippen LogP contribution >= 0.6 is 0 Å². The van der Waals surface area contributed by atoms with E-state index in [0.29, 0.717) is 0 Å². The maximum Gasteiger partial charge on any atom is 0.488 e. The highest BCUT2D eigenvalue weighted by Gasteiger charge is 2.21. The van der Waals surface area contributed by atoms with E-state index in [4.69, 9.17) is 9.47 Å². The van der Waals surface area contributed by atoms with Gasteiger partial charge in [-0.05, 0) is 59.1 Å². The van der Waals surface area contributed by atoms with Gasteiger partial charge in [-0.25, -0.2) is 9.59 Å². The average Bonchev–Trinajstić information content (AvgIpc) is 2.35. The molecule has 0 aliphatic heterocycles. The summed E-state index contributed by atoms with van der Waals surface area (Å²) in [4.78, 5) is 23.9. The van der Waals surface area contributed by atoms with Crippen LogP contribution in [0.15, 0.2) is 18.2 Å². The van der Waals surface area contributed by atoms with Crippen molar-refractivity contribution in [3.8, 4) is 0 Å². The van der Waals surface area contributed by atoms with Gasteiger partial charge in [-0.15, -0.1) is 0 Å². The molecule has 0 aliphatic carbocycles. The Bertz CT molecular complexity index is 634. The number of benzene rings is 1. The van der Waals surface area contributed by atoms with Crippen molar-refractivity contribution in [2.45, 2.75) is 52.7 Å². The molecule has 1 aromatic rings. The first-order valence-electron chi connectivity index (χ1n) is 7.77. The quantitative estimate of drug-likeness (QED) is 0.619. The molecule has 0 saturated heterocycles. The lowest BCUT2D eigenvalue weighted by molar-refractivity contribution is 0.0621. The molecule has 0 spiro atoms. The number of amides is 2. The Morgan fingerprint density at radius 2 is 1.32 bits per heavy atom. The standard InChI is InChI=1S/C16H25BN2O6/c1-15(2,3)24-13(20)18-11-8-7-10(17(22)23)9-12(11)19-14(21)25-16(4,5)6/h7-9,22-23H,1-6H3,(H,18,20)(H,19,21). The summed E-state index contributed by atoms with van der Waals surface area (Å²) in [6.07, 6.45) is -1.46. The Hall–Kier alpha value is -2.26. The van der Waals surface area contributed by atoms with Crippen molar-refractivity contribution in [3.63, 3.8) is 0 Å². The van der Waals surface area contributed by atoms with Gasteiger partial charge in [0.25, 0.3) is 0 Å². The summed E-state index contributed by atoms with van der Waals surface area (Å²) >= 11 is 0. The van der Waals surface area contributed by atoms with E-state index >= 15 is 0 Å². The molecular formula is C16H25BN2O6. The molecule has 1 rings (SSSR count). The van der Waals surface area contributed by atoms with E-state index in [1.165, 1.54) is 18.2 Å². The van der Waals surface area contributed by atoms with Crippen LogP contribution in [-0.2, 0) is 9.47 Å². The summed E-state index contributed by atoms with van der Waals surface area (Å²) in [6, 6.07) is 4.14. The predicted octanol–water partition coefficient (Wildman–Crippen LogP) is 2.06. The number of ether oxygens (including phenoxy) is 2. The number of carbonyl (C=O) groups is 2. The van der Waals surface area contributed by atoms with Crippen molar-refractivity contribution in [1.82, 2.24) is 0 Å². The third-order valence-corrected chi connectivity index (χ3v) is 2.61. The summed E-state index contributed by atoms with van der Waals surface area (Å²) in [5, 5.41) is 23.6. The molecule has 8 nitrogen and oxygen atoms in total.